The minimum atomic E-state index is -0.723. The molecule has 0 unspecified atom stereocenters. The van der Waals surface area contributed by atoms with E-state index in [4.69, 9.17) is 9.47 Å². The van der Waals surface area contributed by atoms with Crippen LogP contribution in [0, 0.1) is 0 Å². The molecule has 0 bridgehead atoms. The average molecular weight is 457 g/mol. The Morgan fingerprint density at radius 2 is 1.24 bits per heavy atom. The topological polar surface area (TPSA) is 50.8 Å². The largest absolute Gasteiger partial charge is 0.342 e. The summed E-state index contributed by atoms with van der Waals surface area (Å²) in [5.41, 5.74) is 3.43. The third kappa shape index (κ3) is 5.01. The molecule has 34 heavy (non-hydrogen) atoms. The van der Waals surface area contributed by atoms with E-state index in [9.17, 15) is 4.79 Å². The first-order chi connectivity index (χ1) is 16.5. The first-order valence-corrected chi connectivity index (χ1v) is 12.0. The Labute approximate surface area is 201 Å². The molecule has 0 radical (unpaired) electrons. The van der Waals surface area contributed by atoms with Crippen molar-refractivity contribution in [3.8, 4) is 0 Å². The molecule has 176 valence electrons. The van der Waals surface area contributed by atoms with Gasteiger partial charge in [0.15, 0.2) is 5.79 Å². The lowest BCUT2D eigenvalue weighted by atomic mass is 9.91. The number of benzene rings is 3. The summed E-state index contributed by atoms with van der Waals surface area (Å²) in [6, 6.07) is 30.3. The fraction of sp³-hybridized carbons (Fsp3) is 0.345. The van der Waals surface area contributed by atoms with Crippen molar-refractivity contribution < 1.29 is 14.3 Å². The zero-order valence-corrected chi connectivity index (χ0v) is 19.8. The van der Waals surface area contributed by atoms with Gasteiger partial charge in [0.05, 0.1) is 12.1 Å². The van der Waals surface area contributed by atoms with Crippen LogP contribution in [0.25, 0.3) is 0 Å². The van der Waals surface area contributed by atoms with Gasteiger partial charge in [0.25, 0.3) is 0 Å². The number of ether oxygens (including phenoxy) is 2. The molecule has 2 fully saturated rings. The van der Waals surface area contributed by atoms with E-state index < -0.39 is 5.79 Å². The van der Waals surface area contributed by atoms with Gasteiger partial charge in [0.2, 0.25) is 0 Å². The van der Waals surface area contributed by atoms with Crippen molar-refractivity contribution in [1.29, 1.82) is 0 Å². The summed E-state index contributed by atoms with van der Waals surface area (Å²) in [6.07, 6.45) is 0.865. The maximum Gasteiger partial charge on any atom is 0.318 e. The number of carbonyl (C=O) groups is 1. The van der Waals surface area contributed by atoms with Crippen LogP contribution in [0.15, 0.2) is 91.0 Å². The number of carbonyl (C=O) groups excluding carboxylic acids is 1. The monoisotopic (exact) mass is 456 g/mol. The molecule has 1 N–H and O–H groups in total. The van der Waals surface area contributed by atoms with Crippen LogP contribution in [-0.2, 0) is 28.9 Å². The lowest BCUT2D eigenvalue weighted by Gasteiger charge is -2.34. The lowest BCUT2D eigenvalue weighted by Crippen LogP contribution is -2.50. The molecule has 2 aliphatic rings. The first-order valence-electron chi connectivity index (χ1n) is 12.0. The van der Waals surface area contributed by atoms with Crippen molar-refractivity contribution in [3.63, 3.8) is 0 Å². The predicted molar refractivity (Wildman–Crippen MR) is 132 cm³/mol. The van der Waals surface area contributed by atoms with Crippen molar-refractivity contribution in [3.05, 3.63) is 108 Å². The van der Waals surface area contributed by atoms with Crippen LogP contribution in [-0.4, -0.2) is 41.0 Å². The Kier molecular flexibility index (Phi) is 6.40. The molecule has 2 heterocycles. The second kappa shape index (κ2) is 9.61. The van der Waals surface area contributed by atoms with Gasteiger partial charge in [-0.2, -0.15) is 0 Å². The maximum absolute atomic E-state index is 13.7. The smallest absolute Gasteiger partial charge is 0.318 e. The van der Waals surface area contributed by atoms with Gasteiger partial charge in [-0.15, -0.1) is 0 Å². The van der Waals surface area contributed by atoms with Crippen molar-refractivity contribution in [2.24, 2.45) is 0 Å². The summed E-state index contributed by atoms with van der Waals surface area (Å²) in [5, 5.41) is 3.30. The molecule has 0 aromatic heterocycles. The molecular formula is C29H32N2O3. The van der Waals surface area contributed by atoms with E-state index in [-0.39, 0.29) is 30.3 Å². The standard InChI is InChI=1S/C29H32N2O3/c1-29(2)33-26-24(18-21-12-6-3-7-13-21)30-28(32)31(20-23-16-10-5-11-17-23)25(27(26)34-29)19-22-14-8-4-9-15-22/h3-17,24-27H,18-20H2,1-2H3,(H,30,32)/t24-,25-,26+,27+/m1/s1. The van der Waals surface area contributed by atoms with Crippen molar-refractivity contribution >= 4 is 6.03 Å². The van der Waals surface area contributed by atoms with Crippen molar-refractivity contribution in [2.45, 2.75) is 63.3 Å². The van der Waals surface area contributed by atoms with Crippen molar-refractivity contribution in [1.82, 2.24) is 10.2 Å². The Balaban J connectivity index is 1.52. The van der Waals surface area contributed by atoms with Crippen LogP contribution in [0.1, 0.15) is 30.5 Å². The summed E-state index contributed by atoms with van der Waals surface area (Å²) >= 11 is 0. The van der Waals surface area contributed by atoms with E-state index in [1.54, 1.807) is 0 Å². The molecule has 0 aliphatic carbocycles. The third-order valence-corrected chi connectivity index (χ3v) is 6.69. The molecule has 4 atom stereocenters. The van der Waals surface area contributed by atoms with Gasteiger partial charge >= 0.3 is 6.03 Å². The minimum Gasteiger partial charge on any atom is -0.342 e. The third-order valence-electron chi connectivity index (χ3n) is 6.69. The van der Waals surface area contributed by atoms with Gasteiger partial charge in [-0.05, 0) is 43.4 Å². The van der Waals surface area contributed by atoms with E-state index in [2.05, 4.69) is 41.7 Å². The van der Waals surface area contributed by atoms with Crippen LogP contribution in [0.3, 0.4) is 0 Å². The molecule has 2 amide bonds. The number of urea groups is 1. The van der Waals surface area contributed by atoms with Gasteiger partial charge in [-0.1, -0.05) is 91.0 Å². The molecule has 5 nitrogen and oxygen atoms in total. The molecule has 3 aromatic rings. The summed E-state index contributed by atoms with van der Waals surface area (Å²) < 4.78 is 13.0. The highest BCUT2D eigenvalue weighted by Crippen LogP contribution is 2.37. The Hall–Kier alpha value is -3.15. The molecule has 2 aliphatic heterocycles. The molecule has 5 rings (SSSR count). The second-order valence-electron chi connectivity index (χ2n) is 9.68. The van der Waals surface area contributed by atoms with E-state index in [1.807, 2.05) is 73.3 Å². The van der Waals surface area contributed by atoms with E-state index in [0.29, 0.717) is 19.4 Å². The summed E-state index contributed by atoms with van der Waals surface area (Å²) in [5.74, 6) is -0.723. The summed E-state index contributed by atoms with van der Waals surface area (Å²) in [7, 11) is 0. The Bertz CT molecular complexity index is 1090. The van der Waals surface area contributed by atoms with Crippen LogP contribution >= 0.6 is 0 Å². The molecule has 0 spiro atoms. The van der Waals surface area contributed by atoms with E-state index in [1.165, 1.54) is 5.56 Å². The van der Waals surface area contributed by atoms with Crippen LogP contribution in [0.4, 0.5) is 4.79 Å². The number of nitrogens with one attached hydrogen (secondary N) is 1. The second-order valence-corrected chi connectivity index (χ2v) is 9.68. The summed E-state index contributed by atoms with van der Waals surface area (Å²) in [4.78, 5) is 15.7. The molecule has 2 saturated heterocycles. The normalized spacial score (nSPS) is 25.9. The van der Waals surface area contributed by atoms with Gasteiger partial charge in [0, 0.05) is 6.54 Å². The van der Waals surface area contributed by atoms with Crippen molar-refractivity contribution in [2.75, 3.05) is 0 Å². The fourth-order valence-corrected chi connectivity index (χ4v) is 5.16. The van der Waals surface area contributed by atoms with E-state index in [0.717, 1.165) is 11.1 Å². The maximum atomic E-state index is 13.7. The highest BCUT2D eigenvalue weighted by molar-refractivity contribution is 5.76. The SMILES string of the molecule is CC1(C)O[C@@H]2[C@@H](O1)[C@@H](Cc1ccccc1)NC(=O)N(Cc1ccccc1)[C@@H]2Cc1ccccc1. The number of fused-ring (bicyclic) bond motifs is 1. The molecule has 0 saturated carbocycles. The summed E-state index contributed by atoms with van der Waals surface area (Å²) in [6.45, 7) is 4.43. The van der Waals surface area contributed by atoms with Crippen LogP contribution in [0.2, 0.25) is 0 Å². The fourth-order valence-electron chi connectivity index (χ4n) is 5.16. The number of hydrogen-bond acceptors (Lipinski definition) is 3. The minimum absolute atomic E-state index is 0.0786. The van der Waals surface area contributed by atoms with E-state index >= 15 is 0 Å². The molecule has 3 aromatic carbocycles. The van der Waals surface area contributed by atoms with Crippen LogP contribution < -0.4 is 5.32 Å². The lowest BCUT2D eigenvalue weighted by molar-refractivity contribution is -0.154. The van der Waals surface area contributed by atoms with Gasteiger partial charge < -0.3 is 19.7 Å². The van der Waals surface area contributed by atoms with Gasteiger partial charge in [-0.3, -0.25) is 0 Å². The quantitative estimate of drug-likeness (QED) is 0.571. The highest BCUT2D eigenvalue weighted by atomic mass is 16.8. The first kappa shape index (κ1) is 22.6. The Morgan fingerprint density at radius 1 is 0.735 bits per heavy atom. The number of hydrogen-bond donors (Lipinski definition) is 1. The number of amides is 2. The average Bonchev–Trinajstić information content (AvgIpc) is 3.14. The number of rotatable bonds is 6. The van der Waals surface area contributed by atoms with Gasteiger partial charge in [-0.25, -0.2) is 4.79 Å². The number of nitrogens with zero attached hydrogens (tertiary/aromatic N) is 1. The molecule has 5 heteroatoms. The zero-order valence-electron chi connectivity index (χ0n) is 19.8. The zero-order chi connectivity index (χ0) is 23.5. The van der Waals surface area contributed by atoms with Crippen LogP contribution in [0.5, 0.6) is 0 Å². The predicted octanol–water partition coefficient (Wildman–Crippen LogP) is 4.95. The Morgan fingerprint density at radius 3 is 1.82 bits per heavy atom. The molecular weight excluding hydrogens is 424 g/mol. The highest BCUT2D eigenvalue weighted by Gasteiger charge is 2.53. The van der Waals surface area contributed by atoms with Gasteiger partial charge in [0.1, 0.15) is 12.2 Å².